The van der Waals surface area contributed by atoms with Crippen molar-refractivity contribution in [3.05, 3.63) is 30.1 Å². The van der Waals surface area contributed by atoms with Crippen LogP contribution >= 0.6 is 0 Å². The van der Waals surface area contributed by atoms with E-state index in [1.165, 1.54) is 0 Å². The summed E-state index contributed by atoms with van der Waals surface area (Å²) in [6.07, 6.45) is 5.46. The molecule has 0 amide bonds. The van der Waals surface area contributed by atoms with Gasteiger partial charge in [0.05, 0.1) is 6.61 Å². The third kappa shape index (κ3) is 5.12. The minimum Gasteiger partial charge on any atom is -0.463 e. The summed E-state index contributed by atoms with van der Waals surface area (Å²) in [6.45, 7) is -0.0277. The zero-order chi connectivity index (χ0) is 10.9. The standard InChI is InChI=1S/C11H15NO3/c13-7-8-15-11(14)5-1-3-10-4-2-6-12-9-10/h2,4,6,9,13H,1,3,5,7-8H2. The number of pyridine rings is 1. The van der Waals surface area contributed by atoms with Gasteiger partial charge in [0, 0.05) is 18.8 Å². The van der Waals surface area contributed by atoms with Crippen LogP contribution in [0.15, 0.2) is 24.5 Å². The quantitative estimate of drug-likeness (QED) is 0.708. The largest absolute Gasteiger partial charge is 0.463 e. The summed E-state index contributed by atoms with van der Waals surface area (Å²) < 4.78 is 4.72. The van der Waals surface area contributed by atoms with Crippen LogP contribution in [0.25, 0.3) is 0 Å². The highest BCUT2D eigenvalue weighted by molar-refractivity contribution is 5.69. The van der Waals surface area contributed by atoms with Crippen molar-refractivity contribution in [3.8, 4) is 0 Å². The first kappa shape index (κ1) is 11.7. The number of hydrogen-bond acceptors (Lipinski definition) is 4. The summed E-state index contributed by atoms with van der Waals surface area (Å²) in [5.74, 6) is -0.257. The molecule has 1 rings (SSSR count). The fraction of sp³-hybridized carbons (Fsp3) is 0.455. The minimum absolute atomic E-state index is 0.0890. The average Bonchev–Trinajstić information content (AvgIpc) is 2.28. The number of aliphatic hydroxyl groups excluding tert-OH is 1. The molecule has 0 aliphatic heterocycles. The molecule has 0 saturated heterocycles. The van der Waals surface area contributed by atoms with Gasteiger partial charge in [0.1, 0.15) is 6.61 Å². The number of aromatic nitrogens is 1. The highest BCUT2D eigenvalue weighted by atomic mass is 16.5. The van der Waals surface area contributed by atoms with Crippen LogP contribution in [-0.2, 0) is 16.0 Å². The van der Waals surface area contributed by atoms with Gasteiger partial charge < -0.3 is 9.84 Å². The molecule has 0 aromatic carbocycles. The van der Waals surface area contributed by atoms with Gasteiger partial charge in [0.15, 0.2) is 0 Å². The lowest BCUT2D eigenvalue weighted by molar-refractivity contribution is -0.144. The van der Waals surface area contributed by atoms with Crippen LogP contribution < -0.4 is 0 Å². The first-order valence-electron chi connectivity index (χ1n) is 4.98. The second kappa shape index (κ2) is 6.95. The Kier molecular flexibility index (Phi) is 5.40. The third-order valence-corrected chi connectivity index (χ3v) is 1.92. The molecule has 4 nitrogen and oxygen atoms in total. The first-order chi connectivity index (χ1) is 7.33. The predicted molar refractivity (Wildman–Crippen MR) is 55.2 cm³/mol. The van der Waals surface area contributed by atoms with E-state index >= 15 is 0 Å². The Hall–Kier alpha value is -1.42. The molecular formula is C11H15NO3. The number of esters is 1. The maximum absolute atomic E-state index is 11.0. The topological polar surface area (TPSA) is 59.4 Å². The van der Waals surface area contributed by atoms with E-state index in [1.807, 2.05) is 12.1 Å². The van der Waals surface area contributed by atoms with Crippen molar-refractivity contribution in [1.29, 1.82) is 0 Å². The lowest BCUT2D eigenvalue weighted by Crippen LogP contribution is -2.08. The zero-order valence-electron chi connectivity index (χ0n) is 8.56. The number of carbonyl (C=O) groups is 1. The van der Waals surface area contributed by atoms with E-state index in [4.69, 9.17) is 9.84 Å². The lowest BCUT2D eigenvalue weighted by atomic mass is 10.1. The summed E-state index contributed by atoms with van der Waals surface area (Å²) in [5, 5.41) is 8.43. The van der Waals surface area contributed by atoms with E-state index in [0.29, 0.717) is 6.42 Å². The predicted octanol–water partition coefficient (Wildman–Crippen LogP) is 0.940. The van der Waals surface area contributed by atoms with Crippen molar-refractivity contribution in [2.24, 2.45) is 0 Å². The van der Waals surface area contributed by atoms with Crippen LogP contribution in [0.5, 0.6) is 0 Å². The van der Waals surface area contributed by atoms with Crippen LogP contribution in [0.4, 0.5) is 0 Å². The van der Waals surface area contributed by atoms with Gasteiger partial charge in [-0.1, -0.05) is 6.07 Å². The van der Waals surface area contributed by atoms with Crippen molar-refractivity contribution in [2.75, 3.05) is 13.2 Å². The molecule has 1 aromatic rings. The summed E-state index contributed by atoms with van der Waals surface area (Å²) >= 11 is 0. The second-order valence-corrected chi connectivity index (χ2v) is 3.16. The maximum Gasteiger partial charge on any atom is 0.305 e. The lowest BCUT2D eigenvalue weighted by Gasteiger charge is -2.02. The Bertz CT molecular complexity index is 287. The minimum atomic E-state index is -0.257. The maximum atomic E-state index is 11.0. The number of rotatable bonds is 6. The van der Waals surface area contributed by atoms with E-state index < -0.39 is 0 Å². The molecule has 0 aliphatic carbocycles. The molecule has 0 aliphatic rings. The molecule has 0 saturated carbocycles. The Labute approximate surface area is 88.9 Å². The smallest absolute Gasteiger partial charge is 0.305 e. The Balaban J connectivity index is 2.14. The summed E-state index contributed by atoms with van der Waals surface area (Å²) in [4.78, 5) is 15.0. The summed E-state index contributed by atoms with van der Waals surface area (Å²) in [6, 6.07) is 3.85. The van der Waals surface area contributed by atoms with E-state index in [2.05, 4.69) is 4.98 Å². The van der Waals surface area contributed by atoms with E-state index in [1.54, 1.807) is 12.4 Å². The van der Waals surface area contributed by atoms with Gasteiger partial charge in [-0.3, -0.25) is 9.78 Å². The number of aryl methyl sites for hydroxylation is 1. The Morgan fingerprint density at radius 1 is 1.53 bits per heavy atom. The Morgan fingerprint density at radius 3 is 3.07 bits per heavy atom. The SMILES string of the molecule is O=C(CCCc1cccnc1)OCCO. The number of ether oxygens (including phenoxy) is 1. The second-order valence-electron chi connectivity index (χ2n) is 3.16. The van der Waals surface area contributed by atoms with Crippen molar-refractivity contribution < 1.29 is 14.6 Å². The van der Waals surface area contributed by atoms with Crippen LogP contribution in [0.1, 0.15) is 18.4 Å². The van der Waals surface area contributed by atoms with Gasteiger partial charge in [0.2, 0.25) is 0 Å². The van der Waals surface area contributed by atoms with Crippen molar-refractivity contribution >= 4 is 5.97 Å². The molecule has 0 fully saturated rings. The van der Waals surface area contributed by atoms with E-state index in [9.17, 15) is 4.79 Å². The number of nitrogens with zero attached hydrogens (tertiary/aromatic N) is 1. The van der Waals surface area contributed by atoms with Gasteiger partial charge in [-0.15, -0.1) is 0 Å². The number of carbonyl (C=O) groups excluding carboxylic acids is 1. The summed E-state index contributed by atoms with van der Waals surface area (Å²) in [5.41, 5.74) is 1.12. The first-order valence-corrected chi connectivity index (χ1v) is 4.98. The van der Waals surface area contributed by atoms with Gasteiger partial charge in [-0.05, 0) is 24.5 Å². The van der Waals surface area contributed by atoms with Crippen LogP contribution in [0, 0.1) is 0 Å². The molecular weight excluding hydrogens is 194 g/mol. The third-order valence-electron chi connectivity index (χ3n) is 1.92. The fourth-order valence-corrected chi connectivity index (χ4v) is 1.21. The zero-order valence-corrected chi connectivity index (χ0v) is 8.56. The van der Waals surface area contributed by atoms with Crippen LogP contribution in [0.2, 0.25) is 0 Å². The molecule has 15 heavy (non-hydrogen) atoms. The van der Waals surface area contributed by atoms with E-state index in [0.717, 1.165) is 18.4 Å². The molecule has 0 radical (unpaired) electrons. The molecule has 0 bridgehead atoms. The molecule has 1 heterocycles. The average molecular weight is 209 g/mol. The van der Waals surface area contributed by atoms with Crippen molar-refractivity contribution in [3.63, 3.8) is 0 Å². The molecule has 0 unspecified atom stereocenters. The molecule has 4 heteroatoms. The van der Waals surface area contributed by atoms with Gasteiger partial charge >= 0.3 is 5.97 Å². The highest BCUT2D eigenvalue weighted by Gasteiger charge is 2.02. The van der Waals surface area contributed by atoms with E-state index in [-0.39, 0.29) is 19.2 Å². The Morgan fingerprint density at radius 2 is 2.40 bits per heavy atom. The van der Waals surface area contributed by atoms with Crippen molar-refractivity contribution in [1.82, 2.24) is 4.98 Å². The molecule has 1 aromatic heterocycles. The summed E-state index contributed by atoms with van der Waals surface area (Å²) in [7, 11) is 0. The van der Waals surface area contributed by atoms with Gasteiger partial charge in [0.25, 0.3) is 0 Å². The normalized spacial score (nSPS) is 9.93. The fourth-order valence-electron chi connectivity index (χ4n) is 1.21. The molecule has 0 spiro atoms. The van der Waals surface area contributed by atoms with Crippen LogP contribution in [0.3, 0.4) is 0 Å². The monoisotopic (exact) mass is 209 g/mol. The molecule has 1 N–H and O–H groups in total. The number of aliphatic hydroxyl groups is 1. The van der Waals surface area contributed by atoms with Gasteiger partial charge in [-0.2, -0.15) is 0 Å². The van der Waals surface area contributed by atoms with Crippen molar-refractivity contribution in [2.45, 2.75) is 19.3 Å². The number of hydrogen-bond donors (Lipinski definition) is 1. The van der Waals surface area contributed by atoms with Gasteiger partial charge in [-0.25, -0.2) is 0 Å². The molecule has 82 valence electrons. The molecule has 0 atom stereocenters. The highest BCUT2D eigenvalue weighted by Crippen LogP contribution is 2.03. The van der Waals surface area contributed by atoms with Crippen LogP contribution in [-0.4, -0.2) is 29.3 Å².